The lowest BCUT2D eigenvalue weighted by atomic mass is 10.0. The number of rotatable bonds is 2. The molecule has 0 spiro atoms. The lowest BCUT2D eigenvalue weighted by molar-refractivity contribution is 1.16. The first kappa shape index (κ1) is 19.0. The predicted molar refractivity (Wildman–Crippen MR) is 136 cm³/mol. The standard InChI is InChI=1S/C28H21N3S/c1-30-28(18-13-14-21-19(16-18)15-17-7-2-3-8-20(17)21)31-27(29)24-11-6-10-23-22-9-4-5-12-25(22)32-26(23)24/h2-14,16H,15H2,1H3,(H2,29,30,31). The average Bonchev–Trinajstić information content (AvgIpc) is 3.40. The monoisotopic (exact) mass is 431 g/mol. The van der Waals surface area contributed by atoms with E-state index in [-0.39, 0.29) is 5.84 Å². The Hall–Kier alpha value is -3.76. The summed E-state index contributed by atoms with van der Waals surface area (Å²) in [5, 5.41) is 14.4. The summed E-state index contributed by atoms with van der Waals surface area (Å²) in [7, 11) is 1.87. The van der Waals surface area contributed by atoms with E-state index < -0.39 is 0 Å². The molecule has 0 saturated heterocycles. The molecule has 1 aromatic heterocycles. The number of hydrogen-bond donors (Lipinski definition) is 2. The van der Waals surface area contributed by atoms with Crippen LogP contribution in [0.2, 0.25) is 0 Å². The van der Waals surface area contributed by atoms with Gasteiger partial charge in [0.1, 0.15) is 5.84 Å². The zero-order valence-electron chi connectivity index (χ0n) is 17.6. The van der Waals surface area contributed by atoms with Gasteiger partial charge >= 0.3 is 0 Å². The van der Waals surface area contributed by atoms with Gasteiger partial charge < -0.3 is 5.32 Å². The molecule has 4 aromatic carbocycles. The summed E-state index contributed by atoms with van der Waals surface area (Å²) in [5.74, 6) is 0.988. The van der Waals surface area contributed by atoms with Crippen molar-refractivity contribution in [1.82, 2.24) is 5.32 Å². The third-order valence-corrected chi connectivity index (χ3v) is 7.41. The molecule has 2 N–H and O–H groups in total. The number of hydrogen-bond acceptors (Lipinski definition) is 2. The van der Waals surface area contributed by atoms with Gasteiger partial charge in [0, 0.05) is 38.3 Å². The fourth-order valence-corrected chi connectivity index (χ4v) is 5.88. The van der Waals surface area contributed by atoms with E-state index in [0.29, 0.717) is 5.84 Å². The lowest BCUT2D eigenvalue weighted by Crippen LogP contribution is -2.21. The third-order valence-electron chi connectivity index (χ3n) is 6.19. The molecule has 0 radical (unpaired) electrons. The summed E-state index contributed by atoms with van der Waals surface area (Å²) in [6.07, 6.45) is 0.939. The number of nitrogens with zero attached hydrogens (tertiary/aromatic N) is 1. The Balaban J connectivity index is 1.40. The number of fused-ring (bicyclic) bond motifs is 6. The molecule has 1 heterocycles. The lowest BCUT2D eigenvalue weighted by Gasteiger charge is -2.10. The first-order valence-corrected chi connectivity index (χ1v) is 11.5. The number of thiophene rings is 1. The van der Waals surface area contributed by atoms with Crippen LogP contribution < -0.4 is 5.32 Å². The van der Waals surface area contributed by atoms with Crippen LogP contribution in [0, 0.1) is 5.41 Å². The van der Waals surface area contributed by atoms with Crippen LogP contribution in [0.25, 0.3) is 31.3 Å². The Labute approximate surface area is 190 Å². The van der Waals surface area contributed by atoms with Crippen LogP contribution in [-0.2, 0) is 6.42 Å². The molecule has 3 nitrogen and oxygen atoms in total. The maximum absolute atomic E-state index is 8.81. The van der Waals surface area contributed by atoms with Crippen LogP contribution in [0.1, 0.15) is 22.3 Å². The van der Waals surface area contributed by atoms with Crippen molar-refractivity contribution in [1.29, 1.82) is 5.41 Å². The highest BCUT2D eigenvalue weighted by atomic mass is 32.1. The Bertz CT molecular complexity index is 1560. The molecule has 0 unspecified atom stereocenters. The number of aliphatic imine (C=N–C) groups is 1. The average molecular weight is 432 g/mol. The number of amidine groups is 2. The van der Waals surface area contributed by atoms with Gasteiger partial charge in [-0.3, -0.25) is 5.41 Å². The molecular weight excluding hydrogens is 410 g/mol. The van der Waals surface area contributed by atoms with Gasteiger partial charge in [-0.2, -0.15) is 0 Å². The van der Waals surface area contributed by atoms with Gasteiger partial charge in [0.2, 0.25) is 0 Å². The fourth-order valence-electron chi connectivity index (χ4n) is 4.66. The second-order valence-corrected chi connectivity index (χ2v) is 9.10. The largest absolute Gasteiger partial charge is 0.373 e. The van der Waals surface area contributed by atoms with Crippen LogP contribution in [0.5, 0.6) is 0 Å². The smallest absolute Gasteiger partial charge is 0.155 e. The molecule has 154 valence electrons. The zero-order chi connectivity index (χ0) is 21.7. The van der Waals surface area contributed by atoms with Crippen LogP contribution >= 0.6 is 11.3 Å². The maximum atomic E-state index is 8.81. The van der Waals surface area contributed by atoms with Crippen molar-refractivity contribution in [3.05, 3.63) is 107 Å². The highest BCUT2D eigenvalue weighted by Gasteiger charge is 2.19. The summed E-state index contributed by atoms with van der Waals surface area (Å²) in [4.78, 5) is 4.73. The Morgan fingerprint density at radius 3 is 2.53 bits per heavy atom. The predicted octanol–water partition coefficient (Wildman–Crippen LogP) is 6.62. The highest BCUT2D eigenvalue weighted by molar-refractivity contribution is 7.26. The quantitative estimate of drug-likeness (QED) is 0.235. The van der Waals surface area contributed by atoms with Gasteiger partial charge in [0.05, 0.1) is 0 Å². The topological polar surface area (TPSA) is 48.2 Å². The van der Waals surface area contributed by atoms with Crippen molar-refractivity contribution < 1.29 is 0 Å². The first-order valence-electron chi connectivity index (χ1n) is 10.7. The molecule has 0 atom stereocenters. The molecule has 5 aromatic rings. The summed E-state index contributed by atoms with van der Waals surface area (Å²) >= 11 is 1.73. The molecule has 6 rings (SSSR count). The minimum atomic E-state index is 0.273. The van der Waals surface area contributed by atoms with Gasteiger partial charge in [-0.15, -0.1) is 11.3 Å². The third kappa shape index (κ3) is 2.95. The van der Waals surface area contributed by atoms with E-state index in [2.05, 4.69) is 78.1 Å². The second kappa shape index (κ2) is 7.43. The van der Waals surface area contributed by atoms with E-state index in [9.17, 15) is 0 Å². The highest BCUT2D eigenvalue weighted by Crippen LogP contribution is 2.37. The second-order valence-electron chi connectivity index (χ2n) is 8.05. The van der Waals surface area contributed by atoms with Crippen LogP contribution in [0.3, 0.4) is 0 Å². The molecule has 1 aliphatic carbocycles. The summed E-state index contributed by atoms with van der Waals surface area (Å²) in [5.41, 5.74) is 7.17. The van der Waals surface area contributed by atoms with Crippen molar-refractivity contribution in [3.8, 4) is 11.1 Å². The minimum Gasteiger partial charge on any atom is -0.373 e. The zero-order valence-corrected chi connectivity index (χ0v) is 18.5. The van der Waals surface area contributed by atoms with Gasteiger partial charge in [-0.25, -0.2) is 4.99 Å². The Morgan fingerprint density at radius 2 is 1.62 bits per heavy atom. The Morgan fingerprint density at radius 1 is 0.844 bits per heavy atom. The van der Waals surface area contributed by atoms with E-state index in [1.54, 1.807) is 11.3 Å². The molecule has 1 aliphatic rings. The Kier molecular flexibility index (Phi) is 4.40. The van der Waals surface area contributed by atoms with Crippen LogP contribution in [0.4, 0.5) is 0 Å². The van der Waals surface area contributed by atoms with E-state index in [0.717, 1.165) is 22.2 Å². The SMILES string of the molecule is CN/C(=N\C(=N)c1cccc2c1sc1ccccc12)c1ccc2c(c1)Cc1ccccc1-2. The van der Waals surface area contributed by atoms with Crippen molar-refractivity contribution in [2.24, 2.45) is 4.99 Å². The van der Waals surface area contributed by atoms with Crippen molar-refractivity contribution in [3.63, 3.8) is 0 Å². The summed E-state index contributed by atoms with van der Waals surface area (Å²) in [6, 6.07) is 29.6. The molecule has 32 heavy (non-hydrogen) atoms. The van der Waals surface area contributed by atoms with Gasteiger partial charge in [0.15, 0.2) is 5.84 Å². The normalized spacial score (nSPS) is 12.7. The fraction of sp³-hybridized carbons (Fsp3) is 0.0714. The maximum Gasteiger partial charge on any atom is 0.155 e. The van der Waals surface area contributed by atoms with E-state index in [1.807, 2.05) is 19.2 Å². The molecule has 0 amide bonds. The summed E-state index contributed by atoms with van der Waals surface area (Å²) < 4.78 is 2.35. The van der Waals surface area contributed by atoms with Crippen LogP contribution in [0.15, 0.2) is 89.9 Å². The first-order chi connectivity index (χ1) is 15.7. The molecule has 4 heteroatoms. The van der Waals surface area contributed by atoms with Gasteiger partial charge in [0.25, 0.3) is 0 Å². The minimum absolute atomic E-state index is 0.273. The van der Waals surface area contributed by atoms with Crippen molar-refractivity contribution in [2.75, 3.05) is 7.05 Å². The van der Waals surface area contributed by atoms with Crippen molar-refractivity contribution >= 4 is 43.2 Å². The van der Waals surface area contributed by atoms with Gasteiger partial charge in [-0.05, 0) is 46.9 Å². The van der Waals surface area contributed by atoms with Crippen LogP contribution in [-0.4, -0.2) is 18.7 Å². The van der Waals surface area contributed by atoms with Crippen molar-refractivity contribution in [2.45, 2.75) is 6.42 Å². The molecule has 0 saturated carbocycles. The molecule has 0 aliphatic heterocycles. The molecular formula is C28H21N3S. The number of benzene rings is 4. The number of nitrogens with one attached hydrogen (secondary N) is 2. The van der Waals surface area contributed by atoms with E-state index in [4.69, 9.17) is 10.4 Å². The molecule has 0 bridgehead atoms. The van der Waals surface area contributed by atoms with E-state index >= 15 is 0 Å². The van der Waals surface area contributed by atoms with E-state index in [1.165, 1.54) is 37.7 Å². The van der Waals surface area contributed by atoms with Gasteiger partial charge in [-0.1, -0.05) is 66.7 Å². The summed E-state index contributed by atoms with van der Waals surface area (Å²) in [6.45, 7) is 0. The molecule has 0 fully saturated rings.